The molecule has 2 heteroatoms. The zero-order chi connectivity index (χ0) is 13.7. The lowest BCUT2D eigenvalue weighted by molar-refractivity contribution is -0.161. The van der Waals surface area contributed by atoms with Crippen molar-refractivity contribution < 1.29 is 4.79 Å². The molecule has 2 nitrogen and oxygen atoms in total. The highest BCUT2D eigenvalue weighted by Crippen LogP contribution is 2.60. The van der Waals surface area contributed by atoms with Gasteiger partial charge in [0.25, 0.3) is 0 Å². The zero-order valence-corrected chi connectivity index (χ0v) is 12.9. The number of likely N-dealkylation sites (tertiary alicyclic amines) is 1. The molecule has 1 amide bonds. The van der Waals surface area contributed by atoms with E-state index >= 15 is 0 Å². The van der Waals surface area contributed by atoms with Gasteiger partial charge in [0.05, 0.1) is 5.41 Å². The van der Waals surface area contributed by atoms with Crippen molar-refractivity contribution in [1.82, 2.24) is 4.90 Å². The molecule has 4 bridgehead atoms. The molecule has 0 aromatic rings. The molecule has 5 aliphatic rings. The minimum Gasteiger partial charge on any atom is -0.339 e. The lowest BCUT2D eigenvalue weighted by Crippen LogP contribution is -2.57. The van der Waals surface area contributed by atoms with E-state index in [9.17, 15) is 4.79 Å². The normalized spacial score (nSPS) is 46.8. The second-order valence-electron chi connectivity index (χ2n) is 8.25. The molecule has 5 fully saturated rings. The summed E-state index contributed by atoms with van der Waals surface area (Å²) in [7, 11) is 0. The predicted molar refractivity (Wildman–Crippen MR) is 80.2 cm³/mol. The van der Waals surface area contributed by atoms with Crippen molar-refractivity contribution >= 4 is 5.91 Å². The maximum absolute atomic E-state index is 13.3. The van der Waals surface area contributed by atoms with E-state index in [1.54, 1.807) is 0 Å². The first-order valence-electron chi connectivity index (χ1n) is 9.01. The molecule has 1 aliphatic heterocycles. The molecule has 1 heterocycles. The molecule has 0 aromatic heterocycles. The van der Waals surface area contributed by atoms with Crippen LogP contribution < -0.4 is 0 Å². The molecular weight excluding hydrogens is 246 g/mol. The molecule has 0 N–H and O–H groups in total. The fourth-order valence-corrected chi connectivity index (χ4v) is 6.37. The summed E-state index contributed by atoms with van der Waals surface area (Å²) in [6, 6.07) is 0.546. The van der Waals surface area contributed by atoms with Crippen LogP contribution in [0.5, 0.6) is 0 Å². The third kappa shape index (κ3) is 1.94. The van der Waals surface area contributed by atoms with Crippen LogP contribution in [-0.4, -0.2) is 23.4 Å². The lowest BCUT2D eigenvalue weighted by Gasteiger charge is -2.57. The van der Waals surface area contributed by atoms with Crippen LogP contribution >= 0.6 is 0 Å². The summed E-state index contributed by atoms with van der Waals surface area (Å²) in [6.45, 7) is 3.30. The van der Waals surface area contributed by atoms with Crippen LogP contribution in [0.2, 0.25) is 0 Å². The van der Waals surface area contributed by atoms with Gasteiger partial charge < -0.3 is 4.90 Å². The maximum Gasteiger partial charge on any atom is 0.229 e. The minimum atomic E-state index is 0.0828. The number of piperidine rings is 1. The van der Waals surface area contributed by atoms with E-state index in [1.807, 2.05) is 0 Å². The fourth-order valence-electron chi connectivity index (χ4n) is 6.37. The number of nitrogens with zero attached hydrogens (tertiary/aromatic N) is 1. The highest BCUT2D eigenvalue weighted by atomic mass is 16.2. The fraction of sp³-hybridized carbons (Fsp3) is 0.944. The van der Waals surface area contributed by atoms with E-state index in [4.69, 9.17) is 0 Å². The van der Waals surface area contributed by atoms with Crippen molar-refractivity contribution in [2.75, 3.05) is 6.54 Å². The van der Waals surface area contributed by atoms with Gasteiger partial charge in [-0.05, 0) is 82.0 Å². The van der Waals surface area contributed by atoms with Crippen molar-refractivity contribution in [2.45, 2.75) is 77.2 Å². The first-order chi connectivity index (χ1) is 9.70. The SMILES string of the molecule is CC[C@H]1CCCCN1C(=O)C12CC3CC(CC(C3)C1)C2. The Kier molecular flexibility index (Phi) is 3.12. The van der Waals surface area contributed by atoms with Crippen LogP contribution in [0, 0.1) is 23.2 Å². The number of carbonyl (C=O) groups excluding carboxylic acids is 1. The van der Waals surface area contributed by atoms with Gasteiger partial charge in [0.1, 0.15) is 0 Å². The van der Waals surface area contributed by atoms with Crippen molar-refractivity contribution in [3.8, 4) is 0 Å². The van der Waals surface area contributed by atoms with E-state index in [0.29, 0.717) is 11.9 Å². The van der Waals surface area contributed by atoms with Crippen molar-refractivity contribution in [2.24, 2.45) is 23.2 Å². The van der Waals surface area contributed by atoms with Crippen LogP contribution in [0.25, 0.3) is 0 Å². The van der Waals surface area contributed by atoms with Crippen LogP contribution in [-0.2, 0) is 4.79 Å². The molecule has 0 radical (unpaired) electrons. The second-order valence-corrected chi connectivity index (χ2v) is 8.25. The highest BCUT2D eigenvalue weighted by Gasteiger charge is 2.56. The summed E-state index contributed by atoms with van der Waals surface area (Å²) in [4.78, 5) is 15.7. The van der Waals surface area contributed by atoms with E-state index < -0.39 is 0 Å². The Bertz CT molecular complexity index is 367. The van der Waals surface area contributed by atoms with E-state index in [0.717, 1.165) is 30.7 Å². The number of carbonyl (C=O) groups is 1. The summed E-state index contributed by atoms with van der Waals surface area (Å²) >= 11 is 0. The van der Waals surface area contributed by atoms with Crippen molar-refractivity contribution in [3.63, 3.8) is 0 Å². The molecule has 20 heavy (non-hydrogen) atoms. The zero-order valence-electron chi connectivity index (χ0n) is 12.9. The highest BCUT2D eigenvalue weighted by molar-refractivity contribution is 5.83. The molecule has 112 valence electrons. The van der Waals surface area contributed by atoms with Gasteiger partial charge in [-0.2, -0.15) is 0 Å². The molecule has 1 saturated heterocycles. The number of hydrogen-bond acceptors (Lipinski definition) is 1. The molecular formula is C18H29NO. The summed E-state index contributed by atoms with van der Waals surface area (Å²) in [5, 5.41) is 0. The van der Waals surface area contributed by atoms with Crippen LogP contribution in [0.4, 0.5) is 0 Å². The van der Waals surface area contributed by atoms with Gasteiger partial charge in [0.15, 0.2) is 0 Å². The third-order valence-electron chi connectivity index (χ3n) is 6.85. The number of rotatable bonds is 2. The van der Waals surface area contributed by atoms with E-state index in [2.05, 4.69) is 11.8 Å². The Hall–Kier alpha value is -0.530. The summed E-state index contributed by atoms with van der Waals surface area (Å²) in [5.41, 5.74) is 0.0828. The largest absolute Gasteiger partial charge is 0.339 e. The Morgan fingerprint density at radius 3 is 2.20 bits per heavy atom. The van der Waals surface area contributed by atoms with Gasteiger partial charge in [-0.1, -0.05) is 6.92 Å². The van der Waals surface area contributed by atoms with Crippen LogP contribution in [0.1, 0.15) is 71.1 Å². The van der Waals surface area contributed by atoms with Gasteiger partial charge in [-0.3, -0.25) is 4.79 Å². The van der Waals surface area contributed by atoms with Crippen LogP contribution in [0.3, 0.4) is 0 Å². The second kappa shape index (κ2) is 4.74. The first kappa shape index (κ1) is 13.2. The maximum atomic E-state index is 13.3. The van der Waals surface area contributed by atoms with Crippen molar-refractivity contribution in [1.29, 1.82) is 0 Å². The molecule has 4 aliphatic carbocycles. The summed E-state index contributed by atoms with van der Waals surface area (Å²) < 4.78 is 0. The molecule has 1 atom stereocenters. The predicted octanol–water partition coefficient (Wildman–Crippen LogP) is 3.99. The van der Waals surface area contributed by atoms with Gasteiger partial charge in [-0.25, -0.2) is 0 Å². The first-order valence-corrected chi connectivity index (χ1v) is 9.01. The van der Waals surface area contributed by atoms with Gasteiger partial charge in [-0.15, -0.1) is 0 Å². The molecule has 0 spiro atoms. The monoisotopic (exact) mass is 275 g/mol. The van der Waals surface area contributed by atoms with Crippen molar-refractivity contribution in [3.05, 3.63) is 0 Å². The van der Waals surface area contributed by atoms with Gasteiger partial charge >= 0.3 is 0 Å². The minimum absolute atomic E-state index is 0.0828. The third-order valence-corrected chi connectivity index (χ3v) is 6.85. The Labute approximate surface area is 123 Å². The average Bonchev–Trinajstić information content (AvgIpc) is 2.45. The quantitative estimate of drug-likeness (QED) is 0.746. The standard InChI is InChI=1S/C18H29NO/c1-2-16-5-3-4-6-19(16)17(20)18-10-13-7-14(11-18)9-15(8-13)12-18/h13-16H,2-12H2,1H3/t13?,14?,15?,16-,18?/m0/s1. The Balaban J connectivity index is 1.58. The lowest BCUT2D eigenvalue weighted by atomic mass is 9.49. The molecule has 0 unspecified atom stereocenters. The topological polar surface area (TPSA) is 20.3 Å². The van der Waals surface area contributed by atoms with E-state index in [-0.39, 0.29) is 5.41 Å². The van der Waals surface area contributed by atoms with Crippen LogP contribution in [0.15, 0.2) is 0 Å². The number of amides is 1. The average molecular weight is 275 g/mol. The Morgan fingerprint density at radius 1 is 1.05 bits per heavy atom. The molecule has 5 rings (SSSR count). The molecule has 0 aromatic carbocycles. The summed E-state index contributed by atoms with van der Waals surface area (Å²) in [6.07, 6.45) is 12.9. The molecule has 4 saturated carbocycles. The smallest absolute Gasteiger partial charge is 0.229 e. The summed E-state index contributed by atoms with van der Waals surface area (Å²) in [5.74, 6) is 3.23. The van der Waals surface area contributed by atoms with Gasteiger partial charge in [0, 0.05) is 12.6 Å². The Morgan fingerprint density at radius 2 is 1.65 bits per heavy atom. The number of hydrogen-bond donors (Lipinski definition) is 0. The van der Waals surface area contributed by atoms with E-state index in [1.165, 1.54) is 57.8 Å². The van der Waals surface area contributed by atoms with Gasteiger partial charge in [0.2, 0.25) is 5.91 Å².